The first-order valence-electron chi connectivity index (χ1n) is 5.81. The van der Waals surface area contributed by atoms with Gasteiger partial charge in [0.15, 0.2) is 0 Å². The van der Waals surface area contributed by atoms with E-state index in [1.54, 1.807) is 0 Å². The minimum atomic E-state index is 0.693. The van der Waals surface area contributed by atoms with E-state index in [1.165, 1.54) is 18.4 Å². The summed E-state index contributed by atoms with van der Waals surface area (Å²) in [4.78, 5) is 6.94. The number of rotatable bonds is 5. The van der Waals surface area contributed by atoms with Crippen molar-refractivity contribution in [2.75, 3.05) is 18.0 Å². The zero-order valence-corrected chi connectivity index (χ0v) is 11.2. The topological polar surface area (TPSA) is 42.2 Å². The smallest absolute Gasteiger partial charge is 0.131 e. The van der Waals surface area contributed by atoms with Gasteiger partial charge in [-0.05, 0) is 60.3 Å². The van der Waals surface area contributed by atoms with Crippen LogP contribution < -0.4 is 10.6 Å². The van der Waals surface area contributed by atoms with E-state index in [-0.39, 0.29) is 0 Å². The molecule has 0 radical (unpaired) electrons. The first-order chi connectivity index (χ1) is 7.72. The van der Waals surface area contributed by atoms with E-state index >= 15 is 0 Å². The Kier molecular flexibility index (Phi) is 3.82. The number of halogens is 1. The molecule has 3 nitrogen and oxygen atoms in total. The van der Waals surface area contributed by atoms with Gasteiger partial charge in [0.2, 0.25) is 0 Å². The van der Waals surface area contributed by atoms with Crippen molar-refractivity contribution in [2.45, 2.75) is 32.2 Å². The fraction of sp³-hybridized carbons (Fsp3) is 0.583. The van der Waals surface area contributed by atoms with Crippen LogP contribution in [0.1, 0.15) is 24.8 Å². The van der Waals surface area contributed by atoms with Gasteiger partial charge < -0.3 is 10.6 Å². The molecule has 1 aliphatic carbocycles. The van der Waals surface area contributed by atoms with Crippen molar-refractivity contribution in [3.05, 3.63) is 22.3 Å². The van der Waals surface area contributed by atoms with E-state index in [0.29, 0.717) is 6.04 Å². The Labute approximate surface area is 105 Å². The Bertz CT molecular complexity index is 363. The molecule has 1 aromatic rings. The van der Waals surface area contributed by atoms with Crippen LogP contribution in [0.2, 0.25) is 0 Å². The van der Waals surface area contributed by atoms with Gasteiger partial charge in [-0.1, -0.05) is 0 Å². The van der Waals surface area contributed by atoms with Crippen molar-refractivity contribution >= 4 is 21.7 Å². The summed E-state index contributed by atoms with van der Waals surface area (Å²) in [5.74, 6) is 1.12. The summed E-state index contributed by atoms with van der Waals surface area (Å²) in [6.45, 7) is 3.89. The van der Waals surface area contributed by atoms with Gasteiger partial charge in [0.05, 0.1) is 0 Å². The van der Waals surface area contributed by atoms with Gasteiger partial charge in [-0.3, -0.25) is 0 Å². The number of aromatic nitrogens is 1. The molecular weight excluding hydrogens is 266 g/mol. The lowest BCUT2D eigenvalue weighted by Crippen LogP contribution is -2.29. The van der Waals surface area contributed by atoms with Gasteiger partial charge in [0, 0.05) is 23.3 Å². The van der Waals surface area contributed by atoms with Gasteiger partial charge in [0.1, 0.15) is 5.82 Å². The lowest BCUT2D eigenvalue weighted by Gasteiger charge is -2.25. The largest absolute Gasteiger partial charge is 0.353 e. The third-order valence-corrected chi connectivity index (χ3v) is 3.31. The van der Waals surface area contributed by atoms with Gasteiger partial charge >= 0.3 is 0 Å². The van der Waals surface area contributed by atoms with Gasteiger partial charge in [-0.2, -0.15) is 0 Å². The average Bonchev–Trinajstić information content (AvgIpc) is 3.05. The van der Waals surface area contributed by atoms with Crippen LogP contribution in [0.3, 0.4) is 0 Å². The second-order valence-corrected chi connectivity index (χ2v) is 5.28. The third kappa shape index (κ3) is 2.74. The van der Waals surface area contributed by atoms with Crippen molar-refractivity contribution in [3.8, 4) is 0 Å². The number of pyridine rings is 1. The zero-order valence-electron chi connectivity index (χ0n) is 9.62. The first-order valence-corrected chi connectivity index (χ1v) is 6.60. The Balaban J connectivity index is 2.17. The molecular formula is C12H18BrN3. The highest BCUT2D eigenvalue weighted by molar-refractivity contribution is 9.10. The molecule has 1 saturated carbocycles. The second-order valence-electron chi connectivity index (χ2n) is 4.36. The predicted molar refractivity (Wildman–Crippen MR) is 70.7 cm³/mol. The van der Waals surface area contributed by atoms with Crippen LogP contribution in [-0.2, 0) is 0 Å². The third-order valence-electron chi connectivity index (χ3n) is 2.88. The monoisotopic (exact) mass is 283 g/mol. The fourth-order valence-electron chi connectivity index (χ4n) is 1.94. The minimum Gasteiger partial charge on any atom is -0.353 e. The fourth-order valence-corrected chi connectivity index (χ4v) is 2.39. The molecule has 88 valence electrons. The molecule has 2 N–H and O–H groups in total. The van der Waals surface area contributed by atoms with Gasteiger partial charge in [-0.25, -0.2) is 4.98 Å². The second kappa shape index (κ2) is 5.15. The summed E-state index contributed by atoms with van der Waals surface area (Å²) in [6, 6.07) is 2.82. The number of anilines is 1. The molecule has 0 aliphatic heterocycles. The van der Waals surface area contributed by atoms with Crippen molar-refractivity contribution in [1.82, 2.24) is 4.98 Å². The van der Waals surface area contributed by atoms with Crippen LogP contribution in [0.5, 0.6) is 0 Å². The van der Waals surface area contributed by atoms with Crippen LogP contribution in [0.15, 0.2) is 16.7 Å². The van der Waals surface area contributed by atoms with E-state index < -0.39 is 0 Å². The minimum absolute atomic E-state index is 0.693. The van der Waals surface area contributed by atoms with Gasteiger partial charge in [0.25, 0.3) is 0 Å². The molecule has 1 aromatic heterocycles. The Morgan fingerprint density at radius 1 is 1.56 bits per heavy atom. The van der Waals surface area contributed by atoms with Crippen molar-refractivity contribution < 1.29 is 0 Å². The highest BCUT2D eigenvalue weighted by Crippen LogP contribution is 2.32. The Hall–Kier alpha value is -0.610. The molecule has 0 amide bonds. The maximum absolute atomic E-state index is 5.58. The summed E-state index contributed by atoms with van der Waals surface area (Å²) in [7, 11) is 0. The van der Waals surface area contributed by atoms with Crippen molar-refractivity contribution in [1.29, 1.82) is 0 Å². The normalized spacial score (nSPS) is 15.2. The molecule has 16 heavy (non-hydrogen) atoms. The van der Waals surface area contributed by atoms with Crippen LogP contribution in [0.25, 0.3) is 0 Å². The lowest BCUT2D eigenvalue weighted by molar-refractivity contribution is 0.720. The molecule has 1 heterocycles. The summed E-state index contributed by atoms with van der Waals surface area (Å²) in [6.07, 6.45) is 5.50. The molecule has 4 heteroatoms. The Morgan fingerprint density at radius 3 is 2.88 bits per heavy atom. The number of hydrogen-bond donors (Lipinski definition) is 1. The average molecular weight is 284 g/mol. The predicted octanol–water partition coefficient (Wildman–Crippen LogP) is 2.47. The van der Waals surface area contributed by atoms with Crippen LogP contribution in [0, 0.1) is 6.92 Å². The van der Waals surface area contributed by atoms with Crippen molar-refractivity contribution in [3.63, 3.8) is 0 Å². The van der Waals surface area contributed by atoms with E-state index in [0.717, 1.165) is 29.8 Å². The number of nitrogens with two attached hydrogens (primary N) is 1. The van der Waals surface area contributed by atoms with Crippen LogP contribution >= 0.6 is 15.9 Å². The van der Waals surface area contributed by atoms with Gasteiger partial charge in [-0.15, -0.1) is 0 Å². The SMILES string of the molecule is Cc1cc(Br)cnc1N(CCCN)C1CC1. The molecule has 0 aromatic carbocycles. The summed E-state index contributed by atoms with van der Waals surface area (Å²) in [5.41, 5.74) is 6.82. The first kappa shape index (κ1) is 11.9. The quantitative estimate of drug-likeness (QED) is 0.903. The molecule has 0 unspecified atom stereocenters. The van der Waals surface area contributed by atoms with E-state index in [4.69, 9.17) is 5.73 Å². The number of nitrogens with zero attached hydrogens (tertiary/aromatic N) is 2. The highest BCUT2D eigenvalue weighted by atomic mass is 79.9. The van der Waals surface area contributed by atoms with Crippen LogP contribution in [0.4, 0.5) is 5.82 Å². The molecule has 2 rings (SSSR count). The van der Waals surface area contributed by atoms with Crippen molar-refractivity contribution in [2.24, 2.45) is 5.73 Å². The Morgan fingerprint density at radius 2 is 2.31 bits per heavy atom. The van der Waals surface area contributed by atoms with Crippen LogP contribution in [-0.4, -0.2) is 24.1 Å². The number of hydrogen-bond acceptors (Lipinski definition) is 3. The zero-order chi connectivity index (χ0) is 11.5. The van der Waals surface area contributed by atoms with E-state index in [1.807, 2.05) is 6.20 Å². The van der Waals surface area contributed by atoms with E-state index in [2.05, 4.69) is 38.8 Å². The maximum Gasteiger partial charge on any atom is 0.131 e. The molecule has 1 fully saturated rings. The molecule has 0 atom stereocenters. The number of aryl methyl sites for hydroxylation is 1. The summed E-state index contributed by atoms with van der Waals surface area (Å²) >= 11 is 3.45. The summed E-state index contributed by atoms with van der Waals surface area (Å²) < 4.78 is 1.04. The highest BCUT2D eigenvalue weighted by Gasteiger charge is 2.30. The molecule has 0 spiro atoms. The molecule has 1 aliphatic rings. The van der Waals surface area contributed by atoms with E-state index in [9.17, 15) is 0 Å². The molecule has 0 saturated heterocycles. The maximum atomic E-state index is 5.58. The lowest BCUT2D eigenvalue weighted by atomic mass is 10.2. The molecule has 0 bridgehead atoms. The summed E-state index contributed by atoms with van der Waals surface area (Å²) in [5, 5.41) is 0. The standard InChI is InChI=1S/C12H18BrN3/c1-9-7-10(13)8-15-12(9)16(6-2-5-14)11-3-4-11/h7-8,11H,2-6,14H2,1H3.